The van der Waals surface area contributed by atoms with Crippen molar-refractivity contribution < 1.29 is 9.59 Å². The Morgan fingerprint density at radius 1 is 0.931 bits per heavy atom. The minimum absolute atomic E-state index is 0.0356. The molecule has 0 saturated heterocycles. The summed E-state index contributed by atoms with van der Waals surface area (Å²) in [5, 5.41) is 3.61. The highest BCUT2D eigenvalue weighted by molar-refractivity contribution is 6.30. The highest BCUT2D eigenvalue weighted by Crippen LogP contribution is 2.24. The number of halogens is 1. The Kier molecular flexibility index (Phi) is 5.63. The van der Waals surface area contributed by atoms with Gasteiger partial charge in [0.2, 0.25) is 5.91 Å². The lowest BCUT2D eigenvalue weighted by Crippen LogP contribution is -2.36. The van der Waals surface area contributed by atoms with Crippen LogP contribution in [0.2, 0.25) is 5.02 Å². The van der Waals surface area contributed by atoms with Gasteiger partial charge in [-0.2, -0.15) is 0 Å². The summed E-state index contributed by atoms with van der Waals surface area (Å²) in [4.78, 5) is 27.0. The Labute approximate surface area is 175 Å². The molecular weight excluding hydrogens is 384 g/mol. The summed E-state index contributed by atoms with van der Waals surface area (Å²) < 4.78 is 0. The summed E-state index contributed by atoms with van der Waals surface area (Å²) in [5.41, 5.74) is 4.65. The summed E-state index contributed by atoms with van der Waals surface area (Å²) >= 11 is 5.89. The number of amides is 2. The summed E-state index contributed by atoms with van der Waals surface area (Å²) in [6.07, 6.45) is 1.10. The van der Waals surface area contributed by atoms with Crippen molar-refractivity contribution in [3.63, 3.8) is 0 Å². The van der Waals surface area contributed by atoms with Gasteiger partial charge in [0.15, 0.2) is 0 Å². The second-order valence-corrected chi connectivity index (χ2v) is 7.61. The van der Waals surface area contributed by atoms with Crippen LogP contribution in [-0.2, 0) is 24.2 Å². The normalized spacial score (nSPS) is 12.9. The molecule has 0 fully saturated rings. The van der Waals surface area contributed by atoms with E-state index in [1.54, 1.807) is 12.1 Å². The number of rotatable bonds is 4. The van der Waals surface area contributed by atoms with Gasteiger partial charge < -0.3 is 10.2 Å². The van der Waals surface area contributed by atoms with Crippen LogP contribution >= 0.6 is 11.6 Å². The lowest BCUT2D eigenvalue weighted by Gasteiger charge is -2.29. The summed E-state index contributed by atoms with van der Waals surface area (Å²) in [6.45, 7) is 1.24. The number of anilines is 1. The lowest BCUT2D eigenvalue weighted by atomic mass is 9.98. The van der Waals surface area contributed by atoms with Crippen LogP contribution in [0, 0.1) is 0 Å². The van der Waals surface area contributed by atoms with Gasteiger partial charge in [-0.25, -0.2) is 0 Å². The largest absolute Gasteiger partial charge is 0.334 e. The number of hydrogen-bond donors (Lipinski definition) is 1. The fraction of sp³-hybridized carbons (Fsp3) is 0.167. The number of benzene rings is 3. The quantitative estimate of drug-likeness (QED) is 0.684. The summed E-state index contributed by atoms with van der Waals surface area (Å²) in [7, 11) is 0. The smallest absolute Gasteiger partial charge is 0.254 e. The van der Waals surface area contributed by atoms with E-state index in [9.17, 15) is 9.59 Å². The molecule has 0 atom stereocenters. The van der Waals surface area contributed by atoms with E-state index in [2.05, 4.69) is 5.32 Å². The molecule has 0 spiro atoms. The predicted octanol–water partition coefficient (Wildman–Crippen LogP) is 4.72. The minimum Gasteiger partial charge on any atom is -0.334 e. The number of carbonyl (C=O) groups is 2. The van der Waals surface area contributed by atoms with E-state index in [0.29, 0.717) is 23.7 Å². The monoisotopic (exact) mass is 404 g/mol. The molecule has 1 heterocycles. The van der Waals surface area contributed by atoms with E-state index in [0.717, 1.165) is 23.2 Å². The molecule has 0 unspecified atom stereocenters. The average molecular weight is 405 g/mol. The number of nitrogens with zero attached hydrogens (tertiary/aromatic N) is 1. The maximum atomic E-state index is 12.7. The molecule has 1 aliphatic heterocycles. The zero-order valence-corrected chi connectivity index (χ0v) is 16.7. The maximum absolute atomic E-state index is 12.7. The molecule has 0 saturated carbocycles. The highest BCUT2D eigenvalue weighted by Gasteiger charge is 2.22. The molecule has 3 aromatic carbocycles. The van der Waals surface area contributed by atoms with Crippen molar-refractivity contribution in [3.05, 3.63) is 100 Å². The van der Waals surface area contributed by atoms with Gasteiger partial charge in [-0.1, -0.05) is 48.0 Å². The summed E-state index contributed by atoms with van der Waals surface area (Å²) in [5.74, 6) is -0.0475. The second-order valence-electron chi connectivity index (χ2n) is 7.18. The lowest BCUT2D eigenvalue weighted by molar-refractivity contribution is -0.115. The van der Waals surface area contributed by atoms with E-state index in [-0.39, 0.29) is 18.2 Å². The van der Waals surface area contributed by atoms with Crippen LogP contribution in [0.25, 0.3) is 0 Å². The predicted molar refractivity (Wildman–Crippen MR) is 115 cm³/mol. The van der Waals surface area contributed by atoms with Crippen molar-refractivity contribution in [3.8, 4) is 0 Å². The minimum atomic E-state index is -0.0831. The molecule has 0 aromatic heterocycles. The zero-order valence-electron chi connectivity index (χ0n) is 15.9. The maximum Gasteiger partial charge on any atom is 0.254 e. The SMILES string of the molecule is O=C(Cc1ccc(Cl)cc1)Nc1ccc2c(c1)CN(C(=O)c1ccccc1)CC2. The van der Waals surface area contributed by atoms with Crippen LogP contribution in [0.5, 0.6) is 0 Å². The highest BCUT2D eigenvalue weighted by atomic mass is 35.5. The standard InChI is InChI=1S/C24H21ClN2O2/c25-21-9-6-17(7-10-21)14-23(28)26-22-11-8-18-12-13-27(16-20(18)15-22)24(29)19-4-2-1-3-5-19/h1-11,15H,12-14,16H2,(H,26,28). The van der Waals surface area contributed by atoms with E-state index in [1.165, 1.54) is 5.56 Å². The van der Waals surface area contributed by atoms with Crippen LogP contribution in [0.4, 0.5) is 5.69 Å². The molecule has 3 aromatic rings. The van der Waals surface area contributed by atoms with E-state index < -0.39 is 0 Å². The molecular formula is C24H21ClN2O2. The van der Waals surface area contributed by atoms with Gasteiger partial charge in [0.25, 0.3) is 5.91 Å². The van der Waals surface area contributed by atoms with E-state index in [4.69, 9.17) is 11.6 Å². The van der Waals surface area contributed by atoms with Gasteiger partial charge >= 0.3 is 0 Å². The number of carbonyl (C=O) groups excluding carboxylic acids is 2. The molecule has 0 radical (unpaired) electrons. The van der Waals surface area contributed by atoms with Crippen LogP contribution in [0.1, 0.15) is 27.0 Å². The van der Waals surface area contributed by atoms with Crippen molar-refractivity contribution in [1.29, 1.82) is 0 Å². The van der Waals surface area contributed by atoms with E-state index >= 15 is 0 Å². The summed E-state index contributed by atoms with van der Waals surface area (Å²) in [6, 6.07) is 22.5. The third-order valence-electron chi connectivity index (χ3n) is 5.09. The fourth-order valence-corrected chi connectivity index (χ4v) is 3.69. The number of hydrogen-bond acceptors (Lipinski definition) is 2. The molecule has 0 bridgehead atoms. The first-order chi connectivity index (χ1) is 14.1. The van der Waals surface area contributed by atoms with Gasteiger partial charge in [-0.15, -0.1) is 0 Å². The van der Waals surface area contributed by atoms with Crippen molar-refractivity contribution in [2.45, 2.75) is 19.4 Å². The Morgan fingerprint density at radius 2 is 1.69 bits per heavy atom. The van der Waals surface area contributed by atoms with Gasteiger partial charge in [-0.05, 0) is 59.5 Å². The average Bonchev–Trinajstić information content (AvgIpc) is 2.75. The Morgan fingerprint density at radius 3 is 2.45 bits per heavy atom. The first-order valence-electron chi connectivity index (χ1n) is 9.59. The first-order valence-corrected chi connectivity index (χ1v) is 9.97. The molecule has 0 aliphatic carbocycles. The number of nitrogens with one attached hydrogen (secondary N) is 1. The molecule has 2 amide bonds. The van der Waals surface area contributed by atoms with Crippen molar-refractivity contribution in [1.82, 2.24) is 4.90 Å². The van der Waals surface area contributed by atoms with Crippen LogP contribution < -0.4 is 5.32 Å². The topological polar surface area (TPSA) is 49.4 Å². The molecule has 1 N–H and O–H groups in total. The second kappa shape index (κ2) is 8.50. The molecule has 1 aliphatic rings. The number of fused-ring (bicyclic) bond motifs is 1. The van der Waals surface area contributed by atoms with Crippen LogP contribution in [0.15, 0.2) is 72.8 Å². The van der Waals surface area contributed by atoms with Gasteiger partial charge in [0.1, 0.15) is 0 Å². The van der Waals surface area contributed by atoms with Gasteiger partial charge in [0.05, 0.1) is 6.42 Å². The molecule has 29 heavy (non-hydrogen) atoms. The third-order valence-corrected chi connectivity index (χ3v) is 5.34. The Hall–Kier alpha value is -3.11. The van der Waals surface area contributed by atoms with Crippen molar-refractivity contribution in [2.75, 3.05) is 11.9 Å². The van der Waals surface area contributed by atoms with Gasteiger partial charge in [0, 0.05) is 29.4 Å². The van der Waals surface area contributed by atoms with Crippen LogP contribution in [-0.4, -0.2) is 23.3 Å². The zero-order chi connectivity index (χ0) is 20.2. The Bertz CT molecular complexity index is 1030. The van der Waals surface area contributed by atoms with Crippen LogP contribution in [0.3, 0.4) is 0 Å². The van der Waals surface area contributed by atoms with Gasteiger partial charge in [-0.3, -0.25) is 9.59 Å². The van der Waals surface area contributed by atoms with E-state index in [1.807, 2.05) is 65.6 Å². The van der Waals surface area contributed by atoms with Crippen molar-refractivity contribution in [2.24, 2.45) is 0 Å². The van der Waals surface area contributed by atoms with Crippen molar-refractivity contribution >= 4 is 29.1 Å². The molecule has 4 rings (SSSR count). The molecule has 146 valence electrons. The molecule has 4 nitrogen and oxygen atoms in total. The third kappa shape index (κ3) is 4.66. The molecule has 5 heteroatoms. The first kappa shape index (κ1) is 19.2. The Balaban J connectivity index is 1.43. The fourth-order valence-electron chi connectivity index (χ4n) is 3.56.